The van der Waals surface area contributed by atoms with E-state index in [0.717, 1.165) is 22.4 Å². The number of benzene rings is 3. The van der Waals surface area contributed by atoms with E-state index in [9.17, 15) is 5.11 Å². The monoisotopic (exact) mass is 501 g/mol. The van der Waals surface area contributed by atoms with Gasteiger partial charge in [-0.1, -0.05) is 91.0 Å². The van der Waals surface area contributed by atoms with Crippen molar-refractivity contribution in [2.24, 2.45) is 0 Å². The van der Waals surface area contributed by atoms with E-state index in [-0.39, 0.29) is 18.2 Å². The third-order valence-corrected chi connectivity index (χ3v) is 6.08. The summed E-state index contributed by atoms with van der Waals surface area (Å²) < 4.78 is 17.2. The Balaban J connectivity index is 1.58. The van der Waals surface area contributed by atoms with Crippen LogP contribution >= 0.6 is 0 Å². The van der Waals surface area contributed by atoms with Crippen LogP contribution in [0.25, 0.3) is 6.08 Å². The van der Waals surface area contributed by atoms with Crippen LogP contribution in [0.15, 0.2) is 104 Å². The van der Waals surface area contributed by atoms with Crippen molar-refractivity contribution in [2.75, 3.05) is 13.7 Å². The molecule has 0 unspecified atom stereocenters. The van der Waals surface area contributed by atoms with Gasteiger partial charge in [-0.05, 0) is 35.7 Å². The number of ether oxygens (including phenoxy) is 3. The van der Waals surface area contributed by atoms with Crippen molar-refractivity contribution in [1.82, 2.24) is 5.32 Å². The molecule has 0 amide bonds. The Kier molecular flexibility index (Phi) is 12.1. The molecule has 0 fully saturated rings. The van der Waals surface area contributed by atoms with Crippen LogP contribution in [0.2, 0.25) is 0 Å². The number of rotatable bonds is 16. The molecule has 3 aromatic carbocycles. The van der Waals surface area contributed by atoms with E-state index in [4.69, 9.17) is 14.2 Å². The second kappa shape index (κ2) is 15.8. The predicted molar refractivity (Wildman–Crippen MR) is 150 cm³/mol. The molecule has 0 aliphatic carbocycles. The molecule has 3 aromatic rings. The van der Waals surface area contributed by atoms with Crippen molar-refractivity contribution in [2.45, 2.75) is 50.8 Å². The first-order chi connectivity index (χ1) is 18.1. The summed E-state index contributed by atoms with van der Waals surface area (Å²) in [5, 5.41) is 14.7. The molecule has 3 rings (SSSR count). The van der Waals surface area contributed by atoms with Crippen molar-refractivity contribution in [3.63, 3.8) is 0 Å². The van der Waals surface area contributed by atoms with Gasteiger partial charge in [-0.2, -0.15) is 0 Å². The molecule has 196 valence electrons. The number of hydrogen-bond acceptors (Lipinski definition) is 5. The van der Waals surface area contributed by atoms with E-state index < -0.39 is 6.10 Å². The molecular formula is C32H39NO4. The van der Waals surface area contributed by atoms with E-state index in [1.54, 1.807) is 7.11 Å². The highest BCUT2D eigenvalue weighted by Gasteiger charge is 2.22. The van der Waals surface area contributed by atoms with Crippen molar-refractivity contribution in [3.8, 4) is 5.75 Å². The van der Waals surface area contributed by atoms with Gasteiger partial charge in [0, 0.05) is 12.5 Å². The van der Waals surface area contributed by atoms with Crippen LogP contribution in [0, 0.1) is 0 Å². The maximum Gasteiger partial charge on any atom is 0.118 e. The molecule has 5 heteroatoms. The highest BCUT2D eigenvalue weighted by molar-refractivity contribution is 5.49. The molecule has 0 saturated heterocycles. The Morgan fingerprint density at radius 1 is 0.892 bits per heavy atom. The molecule has 0 radical (unpaired) electrons. The quantitative estimate of drug-likeness (QED) is 0.243. The molecule has 0 aliphatic heterocycles. The number of methoxy groups -OCH3 is 1. The van der Waals surface area contributed by atoms with Gasteiger partial charge in [-0.15, -0.1) is 6.58 Å². The highest BCUT2D eigenvalue weighted by Crippen LogP contribution is 2.15. The Morgan fingerprint density at radius 2 is 1.54 bits per heavy atom. The summed E-state index contributed by atoms with van der Waals surface area (Å²) in [6.07, 6.45) is 5.52. The van der Waals surface area contributed by atoms with E-state index >= 15 is 0 Å². The minimum atomic E-state index is -0.664. The predicted octanol–water partition coefficient (Wildman–Crippen LogP) is 5.79. The first kappa shape index (κ1) is 28.4. The van der Waals surface area contributed by atoms with Gasteiger partial charge >= 0.3 is 0 Å². The molecule has 0 spiro atoms. The Bertz CT molecular complexity index is 1050. The average Bonchev–Trinajstić information content (AvgIpc) is 2.94. The normalized spacial score (nSPS) is 14.7. The second-order valence-electron chi connectivity index (χ2n) is 9.08. The van der Waals surface area contributed by atoms with E-state index in [1.807, 2.05) is 110 Å². The molecule has 37 heavy (non-hydrogen) atoms. The summed E-state index contributed by atoms with van der Waals surface area (Å²) in [5.41, 5.74) is 3.25. The van der Waals surface area contributed by atoms with Gasteiger partial charge < -0.3 is 19.3 Å². The largest absolute Gasteiger partial charge is 0.497 e. The smallest absolute Gasteiger partial charge is 0.118 e. The summed E-state index contributed by atoms with van der Waals surface area (Å²) >= 11 is 0. The lowest BCUT2D eigenvalue weighted by Gasteiger charge is -2.27. The van der Waals surface area contributed by atoms with Crippen LogP contribution in [-0.4, -0.2) is 43.1 Å². The van der Waals surface area contributed by atoms with Crippen molar-refractivity contribution >= 4 is 6.08 Å². The van der Waals surface area contributed by atoms with Crippen LogP contribution in [-0.2, 0) is 22.7 Å². The van der Waals surface area contributed by atoms with Crippen molar-refractivity contribution < 1.29 is 19.3 Å². The lowest BCUT2D eigenvalue weighted by molar-refractivity contribution is 0.00711. The van der Waals surface area contributed by atoms with E-state index in [1.165, 1.54) is 0 Å². The van der Waals surface area contributed by atoms with Gasteiger partial charge in [0.2, 0.25) is 0 Å². The Morgan fingerprint density at radius 3 is 2.19 bits per heavy atom. The fourth-order valence-electron chi connectivity index (χ4n) is 3.90. The average molecular weight is 502 g/mol. The lowest BCUT2D eigenvalue weighted by atomic mass is 10.0. The Hall–Kier alpha value is -3.22. The minimum Gasteiger partial charge on any atom is -0.497 e. The maximum atomic E-state index is 11.2. The van der Waals surface area contributed by atoms with Crippen LogP contribution in [0.1, 0.15) is 30.0 Å². The molecular weight excluding hydrogens is 462 g/mol. The third kappa shape index (κ3) is 10.3. The molecule has 0 aliphatic rings. The van der Waals surface area contributed by atoms with Gasteiger partial charge in [0.05, 0.1) is 45.2 Å². The second-order valence-corrected chi connectivity index (χ2v) is 9.08. The van der Waals surface area contributed by atoms with Crippen LogP contribution < -0.4 is 10.1 Å². The van der Waals surface area contributed by atoms with Gasteiger partial charge in [0.25, 0.3) is 0 Å². The molecule has 0 bridgehead atoms. The SMILES string of the molecule is C=C[C@@H](COCc1ccccc1)N[C@@H](/C=C/c1ccccc1)[C@H](O)C[C@@H](C)OCc1ccc(OC)cc1. The fourth-order valence-corrected chi connectivity index (χ4v) is 3.90. The maximum absolute atomic E-state index is 11.2. The van der Waals surface area contributed by atoms with Crippen LogP contribution in [0.4, 0.5) is 0 Å². The highest BCUT2D eigenvalue weighted by atomic mass is 16.5. The summed E-state index contributed by atoms with van der Waals surface area (Å²) in [6.45, 7) is 7.40. The first-order valence-corrected chi connectivity index (χ1v) is 12.7. The van der Waals surface area contributed by atoms with Gasteiger partial charge in [-0.3, -0.25) is 5.32 Å². The number of aliphatic hydroxyl groups excluding tert-OH is 1. The minimum absolute atomic E-state index is 0.126. The standard InChI is InChI=1S/C32H39NO4/c1-4-29(24-36-22-27-13-9-6-10-14-27)33-31(20-17-26-11-7-5-8-12-26)32(34)21-25(2)37-23-28-15-18-30(35-3)19-16-28/h4-20,25,29,31-34H,1,21-24H2,2-3H3/b20-17+/t25-,29+,31+,32-/m1/s1. The summed E-state index contributed by atoms with van der Waals surface area (Å²) in [4.78, 5) is 0. The molecule has 4 atom stereocenters. The van der Waals surface area contributed by atoms with Crippen molar-refractivity contribution in [1.29, 1.82) is 0 Å². The zero-order chi connectivity index (χ0) is 26.3. The number of nitrogens with one attached hydrogen (secondary N) is 1. The lowest BCUT2D eigenvalue weighted by Crippen LogP contribution is -2.46. The molecule has 5 nitrogen and oxygen atoms in total. The van der Waals surface area contributed by atoms with Gasteiger partial charge in [0.1, 0.15) is 5.75 Å². The van der Waals surface area contributed by atoms with E-state index in [2.05, 4.69) is 11.9 Å². The topological polar surface area (TPSA) is 60.0 Å². The van der Waals surface area contributed by atoms with E-state index in [0.29, 0.717) is 26.2 Å². The third-order valence-electron chi connectivity index (χ3n) is 6.08. The first-order valence-electron chi connectivity index (χ1n) is 12.7. The fraction of sp³-hybridized carbons (Fsp3) is 0.312. The molecule has 2 N–H and O–H groups in total. The van der Waals surface area contributed by atoms with Crippen molar-refractivity contribution in [3.05, 3.63) is 120 Å². The number of aliphatic hydroxyl groups is 1. The van der Waals surface area contributed by atoms with Crippen LogP contribution in [0.3, 0.4) is 0 Å². The molecule has 0 heterocycles. The number of hydrogen-bond donors (Lipinski definition) is 2. The summed E-state index contributed by atoms with van der Waals surface area (Å²) in [7, 11) is 1.65. The zero-order valence-corrected chi connectivity index (χ0v) is 21.8. The molecule has 0 saturated carbocycles. The summed E-state index contributed by atoms with van der Waals surface area (Å²) in [6, 6.07) is 27.5. The molecule has 0 aromatic heterocycles. The Labute approximate surface area is 221 Å². The van der Waals surface area contributed by atoms with Gasteiger partial charge in [0.15, 0.2) is 0 Å². The zero-order valence-electron chi connectivity index (χ0n) is 21.8. The summed E-state index contributed by atoms with van der Waals surface area (Å²) in [5.74, 6) is 0.816. The van der Waals surface area contributed by atoms with Crippen LogP contribution in [0.5, 0.6) is 5.75 Å². The van der Waals surface area contributed by atoms with Gasteiger partial charge in [-0.25, -0.2) is 0 Å².